The molecule has 1 aromatic carbocycles. The first kappa shape index (κ1) is 19.5. The Bertz CT molecular complexity index is 1010. The highest BCUT2D eigenvalue weighted by Gasteiger charge is 2.19. The minimum absolute atomic E-state index is 0.0127. The smallest absolute Gasteiger partial charge is 0.335 e. The number of carboxylic acids is 1. The lowest BCUT2D eigenvalue weighted by Gasteiger charge is -2.13. The van der Waals surface area contributed by atoms with E-state index in [2.05, 4.69) is 27.3 Å². The minimum atomic E-state index is -2.81. The standard InChI is InChI=1S/C18H20F2N6O2/c1-2-3-6-22-16-14-13(24-18(21)25-16)8-23-26(14)9-11-5-4-10(17(27)28)7-12(11)15(19)20/h4-5,7-8,15H,2-3,6,9H2,1H3,(H,27,28)(H3,21,22,24,25). The Morgan fingerprint density at radius 3 is 2.82 bits per heavy atom. The van der Waals surface area contributed by atoms with E-state index in [4.69, 9.17) is 10.8 Å². The van der Waals surface area contributed by atoms with E-state index >= 15 is 0 Å². The van der Waals surface area contributed by atoms with Gasteiger partial charge in [0.15, 0.2) is 5.82 Å². The van der Waals surface area contributed by atoms with Crippen molar-refractivity contribution in [3.05, 3.63) is 41.1 Å². The second kappa shape index (κ2) is 8.15. The fraction of sp³-hybridized carbons (Fsp3) is 0.333. The van der Waals surface area contributed by atoms with Crippen LogP contribution >= 0.6 is 0 Å². The van der Waals surface area contributed by atoms with Gasteiger partial charge in [0.25, 0.3) is 6.43 Å². The number of nitrogens with zero attached hydrogens (tertiary/aromatic N) is 4. The summed E-state index contributed by atoms with van der Waals surface area (Å²) in [4.78, 5) is 19.4. The second-order valence-corrected chi connectivity index (χ2v) is 6.27. The number of carboxylic acid groups (broad SMARTS) is 1. The van der Waals surface area contributed by atoms with Crippen molar-refractivity contribution in [2.24, 2.45) is 0 Å². The fourth-order valence-corrected chi connectivity index (χ4v) is 2.88. The second-order valence-electron chi connectivity index (χ2n) is 6.27. The molecule has 0 fully saturated rings. The third-order valence-corrected chi connectivity index (χ3v) is 4.28. The third kappa shape index (κ3) is 4.00. The molecule has 0 radical (unpaired) electrons. The van der Waals surface area contributed by atoms with Gasteiger partial charge in [-0.05, 0) is 24.1 Å². The summed E-state index contributed by atoms with van der Waals surface area (Å²) >= 11 is 0. The molecule has 3 aromatic rings. The zero-order valence-corrected chi connectivity index (χ0v) is 15.2. The van der Waals surface area contributed by atoms with Gasteiger partial charge >= 0.3 is 5.97 Å². The molecule has 0 aliphatic rings. The van der Waals surface area contributed by atoms with Crippen molar-refractivity contribution in [3.8, 4) is 0 Å². The van der Waals surface area contributed by atoms with Crippen LogP contribution < -0.4 is 11.1 Å². The lowest BCUT2D eigenvalue weighted by Crippen LogP contribution is -2.11. The topological polar surface area (TPSA) is 119 Å². The number of carbonyl (C=O) groups is 1. The van der Waals surface area contributed by atoms with Crippen LogP contribution in [0.5, 0.6) is 0 Å². The van der Waals surface area contributed by atoms with Crippen LogP contribution in [0, 0.1) is 0 Å². The molecular weight excluding hydrogens is 370 g/mol. The van der Waals surface area contributed by atoms with Gasteiger partial charge in [0.2, 0.25) is 5.95 Å². The summed E-state index contributed by atoms with van der Waals surface area (Å²) in [5, 5.41) is 16.5. The number of nitrogen functional groups attached to an aromatic ring is 1. The number of benzene rings is 1. The van der Waals surface area contributed by atoms with E-state index in [9.17, 15) is 13.6 Å². The molecule has 8 nitrogen and oxygen atoms in total. The molecule has 2 aromatic heterocycles. The molecule has 0 atom stereocenters. The molecular formula is C18H20F2N6O2. The van der Waals surface area contributed by atoms with Crippen LogP contribution in [0.2, 0.25) is 0 Å². The quantitative estimate of drug-likeness (QED) is 0.505. The molecule has 0 spiro atoms. The zero-order valence-electron chi connectivity index (χ0n) is 15.2. The van der Waals surface area contributed by atoms with Crippen LogP contribution in [0.4, 0.5) is 20.5 Å². The van der Waals surface area contributed by atoms with Gasteiger partial charge in [0, 0.05) is 12.1 Å². The third-order valence-electron chi connectivity index (χ3n) is 4.28. The Balaban J connectivity index is 2.02. The van der Waals surface area contributed by atoms with Crippen molar-refractivity contribution in [1.29, 1.82) is 0 Å². The lowest BCUT2D eigenvalue weighted by atomic mass is 10.0. The maximum absolute atomic E-state index is 13.5. The van der Waals surface area contributed by atoms with Crippen molar-refractivity contribution in [2.45, 2.75) is 32.7 Å². The number of fused-ring (bicyclic) bond motifs is 1. The Morgan fingerprint density at radius 1 is 1.36 bits per heavy atom. The van der Waals surface area contributed by atoms with E-state index in [1.165, 1.54) is 23.0 Å². The SMILES string of the molecule is CCCCNc1nc(N)nc2cnn(Cc3ccc(C(=O)O)cc3C(F)F)c12. The van der Waals surface area contributed by atoms with Gasteiger partial charge in [-0.3, -0.25) is 4.68 Å². The summed E-state index contributed by atoms with van der Waals surface area (Å²) in [6, 6.07) is 3.66. The van der Waals surface area contributed by atoms with Crippen molar-refractivity contribution in [1.82, 2.24) is 19.7 Å². The number of nitrogens with one attached hydrogen (secondary N) is 1. The average molecular weight is 390 g/mol. The summed E-state index contributed by atoms with van der Waals surface area (Å²) in [5.74, 6) is -0.691. The summed E-state index contributed by atoms with van der Waals surface area (Å²) in [7, 11) is 0. The number of unbranched alkanes of at least 4 members (excludes halogenated alkanes) is 1. The van der Waals surface area contributed by atoms with Gasteiger partial charge < -0.3 is 16.2 Å². The number of alkyl halides is 2. The molecule has 0 aliphatic heterocycles. The molecule has 0 saturated carbocycles. The molecule has 4 N–H and O–H groups in total. The number of aromatic nitrogens is 4. The van der Waals surface area contributed by atoms with E-state index < -0.39 is 12.4 Å². The number of anilines is 2. The first-order chi connectivity index (χ1) is 13.4. The highest BCUT2D eigenvalue weighted by Crippen LogP contribution is 2.27. The fourth-order valence-electron chi connectivity index (χ4n) is 2.88. The Morgan fingerprint density at radius 2 is 2.14 bits per heavy atom. The van der Waals surface area contributed by atoms with Crippen LogP contribution in [0.1, 0.15) is 47.7 Å². The summed E-state index contributed by atoms with van der Waals surface area (Å²) in [6.07, 6.45) is 0.590. The first-order valence-electron chi connectivity index (χ1n) is 8.77. The maximum atomic E-state index is 13.5. The molecule has 10 heteroatoms. The molecule has 0 aliphatic carbocycles. The monoisotopic (exact) mass is 390 g/mol. The number of rotatable bonds is 8. The van der Waals surface area contributed by atoms with Crippen LogP contribution in [0.3, 0.4) is 0 Å². The predicted octanol–water partition coefficient (Wildman–Crippen LogP) is 3.30. The number of hydrogen-bond donors (Lipinski definition) is 3. The van der Waals surface area contributed by atoms with Crippen LogP contribution in [0.25, 0.3) is 11.0 Å². The van der Waals surface area contributed by atoms with Crippen molar-refractivity contribution < 1.29 is 18.7 Å². The molecule has 148 valence electrons. The first-order valence-corrected chi connectivity index (χ1v) is 8.77. The van der Waals surface area contributed by atoms with Crippen molar-refractivity contribution in [2.75, 3.05) is 17.6 Å². The Labute approximate surface area is 159 Å². The van der Waals surface area contributed by atoms with E-state index in [0.29, 0.717) is 23.4 Å². The molecule has 3 rings (SSSR count). The van der Waals surface area contributed by atoms with Crippen molar-refractivity contribution >= 4 is 28.8 Å². The molecule has 28 heavy (non-hydrogen) atoms. The van der Waals surface area contributed by atoms with Crippen LogP contribution in [-0.2, 0) is 6.54 Å². The van der Waals surface area contributed by atoms with Gasteiger partial charge in [0.05, 0.1) is 18.3 Å². The highest BCUT2D eigenvalue weighted by molar-refractivity contribution is 5.88. The van der Waals surface area contributed by atoms with E-state index in [0.717, 1.165) is 18.9 Å². The molecule has 0 saturated heterocycles. The van der Waals surface area contributed by atoms with Crippen LogP contribution in [-0.4, -0.2) is 37.4 Å². The molecule has 0 unspecified atom stereocenters. The van der Waals surface area contributed by atoms with E-state index in [-0.39, 0.29) is 29.2 Å². The highest BCUT2D eigenvalue weighted by atomic mass is 19.3. The molecule has 0 amide bonds. The van der Waals surface area contributed by atoms with Gasteiger partial charge in [-0.2, -0.15) is 10.1 Å². The molecule has 2 heterocycles. The van der Waals surface area contributed by atoms with Crippen LogP contribution in [0.15, 0.2) is 24.4 Å². The number of nitrogens with two attached hydrogens (primary N) is 1. The number of aromatic carboxylic acids is 1. The summed E-state index contributed by atoms with van der Waals surface area (Å²) in [5.41, 5.74) is 6.51. The minimum Gasteiger partial charge on any atom is -0.478 e. The largest absolute Gasteiger partial charge is 0.478 e. The van der Waals surface area contributed by atoms with E-state index in [1.54, 1.807) is 0 Å². The summed E-state index contributed by atoms with van der Waals surface area (Å²) < 4.78 is 28.5. The number of halogens is 2. The molecule has 0 bridgehead atoms. The van der Waals surface area contributed by atoms with Gasteiger partial charge in [-0.15, -0.1) is 0 Å². The predicted molar refractivity (Wildman–Crippen MR) is 101 cm³/mol. The normalized spacial score (nSPS) is 11.3. The van der Waals surface area contributed by atoms with Gasteiger partial charge in [-0.25, -0.2) is 18.6 Å². The Hall–Kier alpha value is -3.30. The van der Waals surface area contributed by atoms with Gasteiger partial charge in [0.1, 0.15) is 11.0 Å². The van der Waals surface area contributed by atoms with Gasteiger partial charge in [-0.1, -0.05) is 19.4 Å². The number of hydrogen-bond acceptors (Lipinski definition) is 6. The lowest BCUT2D eigenvalue weighted by molar-refractivity contribution is 0.0696. The Kier molecular flexibility index (Phi) is 5.67. The maximum Gasteiger partial charge on any atom is 0.335 e. The van der Waals surface area contributed by atoms with E-state index in [1.807, 2.05) is 0 Å². The zero-order chi connectivity index (χ0) is 20.3. The summed E-state index contributed by atoms with van der Waals surface area (Å²) in [6.45, 7) is 2.74. The average Bonchev–Trinajstić information content (AvgIpc) is 3.04. The van der Waals surface area contributed by atoms with Crippen molar-refractivity contribution in [3.63, 3.8) is 0 Å².